The largest absolute Gasteiger partial charge is 0.502 e. The Balaban J connectivity index is 1.74. The first-order valence-corrected chi connectivity index (χ1v) is 8.84. The van der Waals surface area contributed by atoms with E-state index in [0.29, 0.717) is 22.0 Å². The van der Waals surface area contributed by atoms with Crippen molar-refractivity contribution in [2.75, 3.05) is 19.6 Å². The summed E-state index contributed by atoms with van der Waals surface area (Å²) in [6, 6.07) is 9.49. The molecule has 0 aliphatic rings. The number of hydrogen-bond acceptors (Lipinski definition) is 9. The molecule has 10 heteroatoms. The van der Waals surface area contributed by atoms with E-state index in [-0.39, 0.29) is 22.9 Å². The summed E-state index contributed by atoms with van der Waals surface area (Å²) in [5, 5.41) is 27.2. The number of nitrogens with zero attached hydrogens (tertiary/aromatic N) is 3. The van der Waals surface area contributed by atoms with Gasteiger partial charge in [0.05, 0.1) is 31.1 Å². The Bertz CT molecular complexity index is 1010. The van der Waals surface area contributed by atoms with Gasteiger partial charge < -0.3 is 14.6 Å². The summed E-state index contributed by atoms with van der Waals surface area (Å²) in [5.74, 6) is 0.447. The number of anilines is 1. The first kappa shape index (κ1) is 19.1. The van der Waals surface area contributed by atoms with Gasteiger partial charge in [0.2, 0.25) is 10.9 Å². The zero-order valence-electron chi connectivity index (χ0n) is 14.9. The van der Waals surface area contributed by atoms with Crippen LogP contribution >= 0.6 is 11.3 Å². The molecule has 0 spiro atoms. The van der Waals surface area contributed by atoms with Crippen molar-refractivity contribution in [2.24, 2.45) is 5.10 Å². The van der Waals surface area contributed by atoms with E-state index in [4.69, 9.17) is 9.47 Å². The number of non-ortho nitro benzene ring substituents is 1. The minimum atomic E-state index is -0.445. The van der Waals surface area contributed by atoms with Crippen LogP contribution in [0.2, 0.25) is 0 Å². The number of phenols is 1. The number of rotatable bonds is 7. The van der Waals surface area contributed by atoms with Gasteiger partial charge in [0.1, 0.15) is 0 Å². The molecule has 3 aromatic rings. The Morgan fingerprint density at radius 2 is 1.96 bits per heavy atom. The van der Waals surface area contributed by atoms with Gasteiger partial charge in [-0.2, -0.15) is 5.10 Å². The number of nitro groups is 1. The van der Waals surface area contributed by atoms with Crippen LogP contribution < -0.4 is 14.9 Å². The molecule has 0 aliphatic carbocycles. The highest BCUT2D eigenvalue weighted by atomic mass is 32.1. The van der Waals surface area contributed by atoms with Crippen LogP contribution in [0.1, 0.15) is 5.56 Å². The summed E-state index contributed by atoms with van der Waals surface area (Å²) in [6.45, 7) is 0. The Labute approximate surface area is 164 Å². The second kappa shape index (κ2) is 8.35. The van der Waals surface area contributed by atoms with Gasteiger partial charge in [-0.25, -0.2) is 4.98 Å². The number of hydrazone groups is 1. The van der Waals surface area contributed by atoms with E-state index in [2.05, 4.69) is 15.5 Å². The molecule has 0 unspecified atom stereocenters. The minimum Gasteiger partial charge on any atom is -0.502 e. The Morgan fingerprint density at radius 1 is 1.25 bits per heavy atom. The average molecular weight is 400 g/mol. The number of thiazole rings is 1. The lowest BCUT2D eigenvalue weighted by atomic mass is 10.1. The van der Waals surface area contributed by atoms with Crippen molar-refractivity contribution in [3.05, 3.63) is 57.5 Å². The summed E-state index contributed by atoms with van der Waals surface area (Å²) >= 11 is 1.32. The second-order valence-corrected chi connectivity index (χ2v) is 6.35. The normalized spacial score (nSPS) is 10.8. The molecule has 0 saturated carbocycles. The summed E-state index contributed by atoms with van der Waals surface area (Å²) < 4.78 is 10.2. The molecule has 0 aliphatic heterocycles. The number of nitrogens with one attached hydrogen (secondary N) is 1. The Kier molecular flexibility index (Phi) is 5.70. The second-order valence-electron chi connectivity index (χ2n) is 5.49. The van der Waals surface area contributed by atoms with Gasteiger partial charge >= 0.3 is 0 Å². The monoisotopic (exact) mass is 400 g/mol. The standard InChI is InChI=1S/C18H16N4O5S/c1-26-15-6-11(7-16(27-2)17(15)23)9-19-21-18-20-14(10-28-18)12-4-3-5-13(8-12)22(24)25/h3-10,23H,1-2H3,(H,20,21)/b19-9+. The third-order valence-electron chi connectivity index (χ3n) is 3.73. The van der Waals surface area contributed by atoms with Crippen LogP contribution in [0.25, 0.3) is 11.3 Å². The van der Waals surface area contributed by atoms with Crippen LogP contribution in [0.15, 0.2) is 46.9 Å². The molecule has 144 valence electrons. The number of ether oxygens (including phenoxy) is 2. The first-order valence-electron chi connectivity index (χ1n) is 7.96. The number of hydrogen-bond donors (Lipinski definition) is 2. The molecule has 1 heterocycles. The predicted molar refractivity (Wildman–Crippen MR) is 107 cm³/mol. The van der Waals surface area contributed by atoms with Gasteiger partial charge in [-0.15, -0.1) is 11.3 Å². The fourth-order valence-electron chi connectivity index (χ4n) is 2.39. The number of aromatic nitrogens is 1. The maximum atomic E-state index is 10.9. The van der Waals surface area contributed by atoms with Gasteiger partial charge in [0.25, 0.3) is 5.69 Å². The maximum absolute atomic E-state index is 10.9. The molecular weight excluding hydrogens is 384 g/mol. The minimum absolute atomic E-state index is 0.00764. The highest BCUT2D eigenvalue weighted by Gasteiger charge is 2.11. The highest BCUT2D eigenvalue weighted by molar-refractivity contribution is 7.14. The number of methoxy groups -OCH3 is 2. The number of nitro benzene ring substituents is 1. The van der Waals surface area contributed by atoms with Gasteiger partial charge in [-0.05, 0) is 12.1 Å². The summed E-state index contributed by atoms with van der Waals surface area (Å²) in [5.41, 5.74) is 4.72. The summed E-state index contributed by atoms with van der Waals surface area (Å²) in [6.07, 6.45) is 1.53. The third kappa shape index (κ3) is 4.18. The first-order chi connectivity index (χ1) is 13.5. The lowest BCUT2D eigenvalue weighted by Crippen LogP contribution is -1.94. The van der Waals surface area contributed by atoms with Crippen molar-refractivity contribution in [1.82, 2.24) is 4.98 Å². The molecule has 0 fully saturated rings. The molecule has 28 heavy (non-hydrogen) atoms. The van der Waals surface area contributed by atoms with Crippen LogP contribution in [0.5, 0.6) is 17.2 Å². The van der Waals surface area contributed by atoms with E-state index in [1.807, 2.05) is 0 Å². The Morgan fingerprint density at radius 3 is 2.61 bits per heavy atom. The topological polar surface area (TPSA) is 119 Å². The van der Waals surface area contributed by atoms with E-state index in [1.165, 1.54) is 43.9 Å². The molecule has 0 amide bonds. The molecule has 2 aromatic carbocycles. The Hall–Kier alpha value is -3.66. The molecule has 2 N–H and O–H groups in total. The molecule has 1 aromatic heterocycles. The van der Waals surface area contributed by atoms with Crippen molar-refractivity contribution in [3.8, 4) is 28.5 Å². The summed E-state index contributed by atoms with van der Waals surface area (Å²) in [7, 11) is 2.89. The molecule has 0 bridgehead atoms. The smallest absolute Gasteiger partial charge is 0.270 e. The van der Waals surface area contributed by atoms with Crippen LogP contribution in [0, 0.1) is 10.1 Å². The molecule has 9 nitrogen and oxygen atoms in total. The van der Waals surface area contributed by atoms with Crippen molar-refractivity contribution in [2.45, 2.75) is 0 Å². The zero-order chi connectivity index (χ0) is 20.1. The molecule has 0 saturated heterocycles. The van der Waals surface area contributed by atoms with Gasteiger partial charge in [-0.1, -0.05) is 12.1 Å². The lowest BCUT2D eigenvalue weighted by molar-refractivity contribution is -0.384. The number of benzene rings is 2. The predicted octanol–water partition coefficient (Wildman–Crippen LogP) is 3.89. The molecule has 0 radical (unpaired) electrons. The molecular formula is C18H16N4O5S. The van der Waals surface area contributed by atoms with Crippen molar-refractivity contribution < 1.29 is 19.5 Å². The van der Waals surface area contributed by atoms with Crippen LogP contribution in [-0.4, -0.2) is 35.4 Å². The average Bonchev–Trinajstić information content (AvgIpc) is 3.18. The van der Waals surface area contributed by atoms with Crippen LogP contribution in [0.3, 0.4) is 0 Å². The van der Waals surface area contributed by atoms with Gasteiger partial charge in [0, 0.05) is 28.6 Å². The SMILES string of the molecule is COc1cc(/C=N/Nc2nc(-c3cccc([N+](=O)[O-])c3)cs2)cc(OC)c1O. The fourth-order valence-corrected chi connectivity index (χ4v) is 3.06. The molecule has 3 rings (SSSR count). The highest BCUT2D eigenvalue weighted by Crippen LogP contribution is 2.36. The van der Waals surface area contributed by atoms with E-state index in [1.54, 1.807) is 29.6 Å². The maximum Gasteiger partial charge on any atom is 0.270 e. The fraction of sp³-hybridized carbons (Fsp3) is 0.111. The number of aromatic hydroxyl groups is 1. The quantitative estimate of drug-likeness (QED) is 0.351. The summed E-state index contributed by atoms with van der Waals surface area (Å²) in [4.78, 5) is 14.8. The zero-order valence-corrected chi connectivity index (χ0v) is 15.8. The van der Waals surface area contributed by atoms with E-state index < -0.39 is 4.92 Å². The van der Waals surface area contributed by atoms with Gasteiger partial charge in [0.15, 0.2) is 11.5 Å². The van der Waals surface area contributed by atoms with E-state index in [9.17, 15) is 15.2 Å². The van der Waals surface area contributed by atoms with Crippen molar-refractivity contribution in [3.63, 3.8) is 0 Å². The van der Waals surface area contributed by atoms with Crippen molar-refractivity contribution >= 4 is 28.4 Å². The lowest BCUT2D eigenvalue weighted by Gasteiger charge is -2.09. The molecule has 0 atom stereocenters. The van der Waals surface area contributed by atoms with E-state index >= 15 is 0 Å². The van der Waals surface area contributed by atoms with Crippen molar-refractivity contribution in [1.29, 1.82) is 0 Å². The third-order valence-corrected chi connectivity index (χ3v) is 4.48. The van der Waals surface area contributed by atoms with Crippen LogP contribution in [-0.2, 0) is 0 Å². The van der Waals surface area contributed by atoms with Crippen LogP contribution in [0.4, 0.5) is 10.8 Å². The van der Waals surface area contributed by atoms with E-state index in [0.717, 1.165) is 0 Å². The number of phenolic OH excluding ortho intramolecular Hbond substituents is 1. The van der Waals surface area contributed by atoms with Gasteiger partial charge in [-0.3, -0.25) is 15.5 Å².